The van der Waals surface area contributed by atoms with E-state index in [4.69, 9.17) is 0 Å². The summed E-state index contributed by atoms with van der Waals surface area (Å²) >= 11 is 0. The van der Waals surface area contributed by atoms with Gasteiger partial charge in [-0.2, -0.15) is 13.2 Å². The molecule has 2 rings (SSSR count). The summed E-state index contributed by atoms with van der Waals surface area (Å²) in [7, 11) is 0. The van der Waals surface area contributed by atoms with Gasteiger partial charge in [-0.15, -0.1) is 0 Å². The average Bonchev–Trinajstić information content (AvgIpc) is 2.47. The number of carbonyl (C=O) groups excluding carboxylic acids is 1. The summed E-state index contributed by atoms with van der Waals surface area (Å²) in [5, 5.41) is 2.49. The van der Waals surface area contributed by atoms with Crippen molar-refractivity contribution in [3.63, 3.8) is 0 Å². The lowest BCUT2D eigenvalue weighted by atomic mass is 10.1. The van der Waals surface area contributed by atoms with Crippen molar-refractivity contribution in [1.29, 1.82) is 0 Å². The van der Waals surface area contributed by atoms with E-state index < -0.39 is 11.7 Å². The summed E-state index contributed by atoms with van der Waals surface area (Å²) in [6, 6.07) is 7.38. The molecule has 0 aliphatic heterocycles. The Morgan fingerprint density at radius 1 is 1.27 bits per heavy atom. The molecule has 0 bridgehead atoms. The number of halogens is 3. The molecule has 0 radical (unpaired) electrons. The largest absolute Gasteiger partial charge is 0.416 e. The molecule has 1 aromatic carbocycles. The van der Waals surface area contributed by atoms with Crippen LogP contribution in [0.4, 0.5) is 18.9 Å². The van der Waals surface area contributed by atoms with E-state index in [1.54, 1.807) is 18.5 Å². The molecule has 3 nitrogen and oxygen atoms in total. The van der Waals surface area contributed by atoms with Gasteiger partial charge in [0.15, 0.2) is 0 Å². The molecule has 1 N–H and O–H groups in total. The monoisotopic (exact) mass is 308 g/mol. The third-order valence-corrected chi connectivity index (χ3v) is 3.19. The number of nitrogens with one attached hydrogen (secondary N) is 1. The van der Waals surface area contributed by atoms with E-state index in [1.165, 1.54) is 19.1 Å². The summed E-state index contributed by atoms with van der Waals surface area (Å²) in [5.74, 6) is -0.333. The Morgan fingerprint density at radius 2 is 2.05 bits per heavy atom. The minimum absolute atomic E-state index is 0.126. The molecule has 0 saturated carbocycles. The summed E-state index contributed by atoms with van der Waals surface area (Å²) in [4.78, 5) is 15.8. The molecular formula is C16H15F3N2O. The van der Waals surface area contributed by atoms with Crippen LogP contribution in [0.3, 0.4) is 0 Å². The third-order valence-electron chi connectivity index (χ3n) is 3.19. The van der Waals surface area contributed by atoms with E-state index in [1.807, 2.05) is 6.07 Å². The Hall–Kier alpha value is -2.37. The van der Waals surface area contributed by atoms with Crippen LogP contribution < -0.4 is 5.32 Å². The van der Waals surface area contributed by atoms with Crippen LogP contribution in [-0.2, 0) is 17.4 Å². The van der Waals surface area contributed by atoms with E-state index in [9.17, 15) is 18.0 Å². The van der Waals surface area contributed by atoms with Crippen LogP contribution in [0, 0.1) is 6.92 Å². The van der Waals surface area contributed by atoms with Crippen molar-refractivity contribution in [2.24, 2.45) is 0 Å². The van der Waals surface area contributed by atoms with Gasteiger partial charge in [-0.1, -0.05) is 12.1 Å². The first-order valence-electron chi connectivity index (χ1n) is 6.73. The summed E-state index contributed by atoms with van der Waals surface area (Å²) in [6.45, 7) is 1.39. The van der Waals surface area contributed by atoms with E-state index >= 15 is 0 Å². The highest BCUT2D eigenvalue weighted by molar-refractivity contribution is 5.91. The number of carbonyl (C=O) groups is 1. The number of anilines is 1. The Kier molecular flexibility index (Phi) is 4.80. The Balaban J connectivity index is 2.00. The molecule has 0 aliphatic rings. The number of amides is 1. The summed E-state index contributed by atoms with van der Waals surface area (Å²) < 4.78 is 38.4. The van der Waals surface area contributed by atoms with Crippen LogP contribution in [0.5, 0.6) is 0 Å². The molecule has 0 unspecified atom stereocenters. The first-order chi connectivity index (χ1) is 10.4. The van der Waals surface area contributed by atoms with E-state index in [0.29, 0.717) is 6.42 Å². The second kappa shape index (κ2) is 6.60. The normalized spacial score (nSPS) is 11.3. The minimum atomic E-state index is -4.43. The van der Waals surface area contributed by atoms with Gasteiger partial charge in [-0.25, -0.2) is 0 Å². The molecule has 0 spiro atoms. The molecule has 116 valence electrons. The highest BCUT2D eigenvalue weighted by Gasteiger charge is 2.32. The van der Waals surface area contributed by atoms with Gasteiger partial charge >= 0.3 is 6.18 Å². The predicted molar refractivity (Wildman–Crippen MR) is 77.4 cm³/mol. The first-order valence-corrected chi connectivity index (χ1v) is 6.73. The molecule has 2 aromatic rings. The number of pyridine rings is 1. The Labute approximate surface area is 126 Å². The second-order valence-electron chi connectivity index (χ2n) is 4.94. The predicted octanol–water partition coefficient (Wildman–Crippen LogP) is 3.98. The quantitative estimate of drug-likeness (QED) is 0.928. The average molecular weight is 308 g/mol. The molecular weight excluding hydrogens is 293 g/mol. The van der Waals surface area contributed by atoms with Gasteiger partial charge in [0.05, 0.1) is 5.56 Å². The second-order valence-corrected chi connectivity index (χ2v) is 4.94. The minimum Gasteiger partial charge on any atom is -0.326 e. The van der Waals surface area contributed by atoms with Crippen molar-refractivity contribution >= 4 is 11.6 Å². The number of nitrogens with zero attached hydrogens (tertiary/aromatic N) is 1. The lowest BCUT2D eigenvalue weighted by Gasteiger charge is -2.12. The van der Waals surface area contributed by atoms with Crippen LogP contribution in [0.25, 0.3) is 0 Å². The molecule has 0 saturated heterocycles. The topological polar surface area (TPSA) is 42.0 Å². The molecule has 0 aliphatic carbocycles. The molecule has 1 amide bonds. The van der Waals surface area contributed by atoms with E-state index in [2.05, 4.69) is 10.3 Å². The van der Waals surface area contributed by atoms with Gasteiger partial charge in [-0.05, 0) is 42.7 Å². The molecule has 1 aromatic heterocycles. The first kappa shape index (κ1) is 16.0. The maximum atomic E-state index is 12.8. The lowest BCUT2D eigenvalue weighted by Crippen LogP contribution is -2.14. The van der Waals surface area contributed by atoms with Crippen LogP contribution in [0.2, 0.25) is 0 Å². The zero-order chi connectivity index (χ0) is 16.2. The molecule has 6 heteroatoms. The fourth-order valence-corrected chi connectivity index (χ4v) is 2.03. The smallest absolute Gasteiger partial charge is 0.326 e. The molecule has 0 fully saturated rings. The van der Waals surface area contributed by atoms with Crippen molar-refractivity contribution in [2.45, 2.75) is 25.9 Å². The maximum absolute atomic E-state index is 12.8. The highest BCUT2D eigenvalue weighted by atomic mass is 19.4. The number of rotatable bonds is 4. The number of aryl methyl sites for hydroxylation is 2. The number of hydrogen-bond acceptors (Lipinski definition) is 2. The van der Waals surface area contributed by atoms with Gasteiger partial charge < -0.3 is 5.32 Å². The Bertz CT molecular complexity index is 654. The zero-order valence-electron chi connectivity index (χ0n) is 11.9. The standard InChI is InChI=1S/C16H15F3N2O/c1-11-4-6-13(9-14(11)16(17,18)19)21-15(22)7-5-12-3-2-8-20-10-12/h2-4,6,8-10H,5,7H2,1H3,(H,21,22). The Morgan fingerprint density at radius 3 is 2.68 bits per heavy atom. The summed E-state index contributed by atoms with van der Waals surface area (Å²) in [5.41, 5.74) is 0.435. The number of benzene rings is 1. The lowest BCUT2D eigenvalue weighted by molar-refractivity contribution is -0.138. The van der Waals surface area contributed by atoms with Gasteiger partial charge in [0.2, 0.25) is 5.91 Å². The van der Waals surface area contributed by atoms with Crippen LogP contribution >= 0.6 is 0 Å². The van der Waals surface area contributed by atoms with Crippen molar-refractivity contribution in [3.8, 4) is 0 Å². The number of alkyl halides is 3. The molecule has 0 atom stereocenters. The molecule has 1 heterocycles. The van der Waals surface area contributed by atoms with Crippen molar-refractivity contribution in [3.05, 3.63) is 59.4 Å². The van der Waals surface area contributed by atoms with Crippen molar-refractivity contribution in [1.82, 2.24) is 4.98 Å². The van der Waals surface area contributed by atoms with Crippen LogP contribution in [0.15, 0.2) is 42.7 Å². The van der Waals surface area contributed by atoms with Gasteiger partial charge in [0.25, 0.3) is 0 Å². The van der Waals surface area contributed by atoms with Crippen LogP contribution in [-0.4, -0.2) is 10.9 Å². The maximum Gasteiger partial charge on any atom is 0.416 e. The van der Waals surface area contributed by atoms with Crippen molar-refractivity contribution < 1.29 is 18.0 Å². The van der Waals surface area contributed by atoms with E-state index in [-0.39, 0.29) is 23.6 Å². The summed E-state index contributed by atoms with van der Waals surface area (Å²) in [6.07, 6.45) is -0.478. The van der Waals surface area contributed by atoms with Gasteiger partial charge in [0.1, 0.15) is 0 Å². The van der Waals surface area contributed by atoms with Crippen LogP contribution in [0.1, 0.15) is 23.1 Å². The fourth-order valence-electron chi connectivity index (χ4n) is 2.03. The zero-order valence-corrected chi connectivity index (χ0v) is 11.9. The fraction of sp³-hybridized carbons (Fsp3) is 0.250. The number of hydrogen-bond donors (Lipinski definition) is 1. The van der Waals surface area contributed by atoms with Crippen molar-refractivity contribution in [2.75, 3.05) is 5.32 Å². The number of aromatic nitrogens is 1. The van der Waals surface area contributed by atoms with Gasteiger partial charge in [0, 0.05) is 24.5 Å². The highest BCUT2D eigenvalue weighted by Crippen LogP contribution is 2.33. The van der Waals surface area contributed by atoms with Gasteiger partial charge in [-0.3, -0.25) is 9.78 Å². The third kappa shape index (κ3) is 4.31. The van der Waals surface area contributed by atoms with E-state index in [0.717, 1.165) is 11.6 Å². The SMILES string of the molecule is Cc1ccc(NC(=O)CCc2cccnc2)cc1C(F)(F)F. The molecule has 22 heavy (non-hydrogen) atoms.